The number of non-ortho nitro benzene ring substituents is 1. The molecule has 3 atom stereocenters. The lowest BCUT2D eigenvalue weighted by Crippen LogP contribution is -2.35. The van der Waals surface area contributed by atoms with E-state index in [0.29, 0.717) is 34.3 Å². The first kappa shape index (κ1) is 15.8. The Balaban J connectivity index is 1.79. The maximum absolute atomic E-state index is 11.0. The Morgan fingerprint density at radius 1 is 1.32 bits per heavy atom. The van der Waals surface area contributed by atoms with E-state index in [2.05, 4.69) is 17.9 Å². The van der Waals surface area contributed by atoms with Crippen molar-refractivity contribution in [1.82, 2.24) is 4.98 Å². The molecule has 0 amide bonds. The molecule has 1 aromatic heterocycles. The van der Waals surface area contributed by atoms with Crippen molar-refractivity contribution in [3.8, 4) is 6.07 Å². The van der Waals surface area contributed by atoms with Gasteiger partial charge in [0, 0.05) is 30.1 Å². The average Bonchev–Trinajstić information content (AvgIpc) is 2.97. The van der Waals surface area contributed by atoms with E-state index in [1.54, 1.807) is 12.1 Å². The van der Waals surface area contributed by atoms with E-state index in [0.717, 1.165) is 12.4 Å². The van der Waals surface area contributed by atoms with E-state index in [4.69, 9.17) is 4.98 Å². The second-order valence-corrected chi connectivity index (χ2v) is 7.24. The number of rotatable bonds is 2. The van der Waals surface area contributed by atoms with E-state index in [1.165, 1.54) is 37.8 Å². The topological polar surface area (TPSA) is 83.1 Å². The lowest BCUT2D eigenvalue weighted by atomic mass is 9.80. The van der Waals surface area contributed by atoms with Crippen LogP contribution in [0.3, 0.4) is 0 Å². The van der Waals surface area contributed by atoms with Crippen LogP contribution in [-0.4, -0.2) is 22.5 Å². The van der Waals surface area contributed by atoms with Crippen LogP contribution in [0.4, 0.5) is 11.5 Å². The van der Waals surface area contributed by atoms with Gasteiger partial charge in [-0.2, -0.15) is 5.26 Å². The molecule has 0 radical (unpaired) electrons. The van der Waals surface area contributed by atoms with Gasteiger partial charge in [-0.05, 0) is 36.8 Å². The summed E-state index contributed by atoms with van der Waals surface area (Å²) in [6.45, 7) is 3.27. The van der Waals surface area contributed by atoms with Crippen LogP contribution in [0.1, 0.15) is 38.2 Å². The number of benzene rings is 1. The third-order valence-corrected chi connectivity index (χ3v) is 5.80. The van der Waals surface area contributed by atoms with E-state index in [-0.39, 0.29) is 5.69 Å². The van der Waals surface area contributed by atoms with Crippen LogP contribution in [0.15, 0.2) is 24.3 Å². The highest BCUT2D eigenvalue weighted by Gasteiger charge is 2.41. The number of nitrogens with zero attached hydrogens (tertiary/aromatic N) is 4. The average molecular weight is 336 g/mol. The lowest BCUT2D eigenvalue weighted by molar-refractivity contribution is -0.384. The second-order valence-electron chi connectivity index (χ2n) is 7.24. The van der Waals surface area contributed by atoms with Crippen molar-refractivity contribution in [3.05, 3.63) is 39.9 Å². The van der Waals surface area contributed by atoms with E-state index in [1.807, 2.05) is 0 Å². The zero-order chi connectivity index (χ0) is 17.6. The van der Waals surface area contributed by atoms with Gasteiger partial charge in [-0.15, -0.1) is 0 Å². The largest absolute Gasteiger partial charge is 0.353 e. The molecule has 1 saturated carbocycles. The number of nitro groups is 1. The van der Waals surface area contributed by atoms with Gasteiger partial charge in [0.05, 0.1) is 22.1 Å². The van der Waals surface area contributed by atoms with Crippen LogP contribution < -0.4 is 4.90 Å². The quantitative estimate of drug-likeness (QED) is 0.611. The van der Waals surface area contributed by atoms with Crippen molar-refractivity contribution < 1.29 is 4.92 Å². The third kappa shape index (κ3) is 2.60. The number of aromatic nitrogens is 1. The number of fused-ring (bicyclic) bond motifs is 2. The van der Waals surface area contributed by atoms with Gasteiger partial charge in [-0.1, -0.05) is 19.8 Å². The van der Waals surface area contributed by atoms with Crippen LogP contribution in [0, 0.1) is 33.3 Å². The van der Waals surface area contributed by atoms with E-state index < -0.39 is 4.92 Å². The smallest absolute Gasteiger partial charge is 0.270 e. The molecule has 0 N–H and O–H groups in total. The minimum Gasteiger partial charge on any atom is -0.353 e. The van der Waals surface area contributed by atoms with Crippen LogP contribution >= 0.6 is 0 Å². The Labute approximate surface area is 146 Å². The van der Waals surface area contributed by atoms with Crippen molar-refractivity contribution in [2.75, 3.05) is 11.4 Å². The Bertz CT molecular complexity index is 889. The minimum atomic E-state index is -0.441. The lowest BCUT2D eigenvalue weighted by Gasteiger charge is -2.33. The molecule has 2 aromatic rings. The summed E-state index contributed by atoms with van der Waals surface area (Å²) in [5.41, 5.74) is 1.09. The highest BCUT2D eigenvalue weighted by molar-refractivity contribution is 5.88. The molecule has 1 aliphatic carbocycles. The number of hydrogen-bond acceptors (Lipinski definition) is 5. The van der Waals surface area contributed by atoms with E-state index >= 15 is 0 Å². The Morgan fingerprint density at radius 3 is 2.88 bits per heavy atom. The second kappa shape index (κ2) is 5.99. The molecule has 128 valence electrons. The predicted octanol–water partition coefficient (Wildman–Crippen LogP) is 4.03. The minimum absolute atomic E-state index is 0.0133. The van der Waals surface area contributed by atoms with Crippen molar-refractivity contribution in [1.29, 1.82) is 5.26 Å². The van der Waals surface area contributed by atoms with Gasteiger partial charge >= 0.3 is 0 Å². The maximum atomic E-state index is 11.0. The molecule has 3 unspecified atom stereocenters. The highest BCUT2D eigenvalue weighted by Crippen LogP contribution is 2.42. The molecule has 1 saturated heterocycles. The van der Waals surface area contributed by atoms with Crippen LogP contribution in [0.25, 0.3) is 10.9 Å². The van der Waals surface area contributed by atoms with Gasteiger partial charge in [0.15, 0.2) is 0 Å². The first-order valence-electron chi connectivity index (χ1n) is 8.84. The first-order valence-corrected chi connectivity index (χ1v) is 8.84. The van der Waals surface area contributed by atoms with Gasteiger partial charge in [0.25, 0.3) is 5.69 Å². The molecule has 6 nitrogen and oxygen atoms in total. The number of anilines is 1. The summed E-state index contributed by atoms with van der Waals surface area (Å²) in [4.78, 5) is 17.7. The van der Waals surface area contributed by atoms with Crippen molar-refractivity contribution in [3.63, 3.8) is 0 Å². The Morgan fingerprint density at radius 2 is 2.12 bits per heavy atom. The summed E-state index contributed by atoms with van der Waals surface area (Å²) in [6.07, 6.45) is 5.00. The van der Waals surface area contributed by atoms with Crippen LogP contribution in [0.5, 0.6) is 0 Å². The molecule has 4 rings (SSSR count). The molecule has 6 heteroatoms. The summed E-state index contributed by atoms with van der Waals surface area (Å²) >= 11 is 0. The fourth-order valence-corrected chi connectivity index (χ4v) is 4.59. The summed E-state index contributed by atoms with van der Waals surface area (Å²) in [6, 6.07) is 9.04. The molecule has 25 heavy (non-hydrogen) atoms. The fourth-order valence-electron chi connectivity index (χ4n) is 4.59. The van der Waals surface area contributed by atoms with Crippen LogP contribution in [0.2, 0.25) is 0 Å². The SMILES string of the molecule is CC1CN(c2cc(C#N)c3cc([N+](=O)[O-])ccc3n2)C2CCCCC12. The van der Waals surface area contributed by atoms with E-state index in [9.17, 15) is 15.4 Å². The zero-order valence-electron chi connectivity index (χ0n) is 14.2. The monoisotopic (exact) mass is 336 g/mol. The van der Waals surface area contributed by atoms with Gasteiger partial charge in [-0.25, -0.2) is 4.98 Å². The molecule has 2 aliphatic rings. The van der Waals surface area contributed by atoms with Gasteiger partial charge in [0.2, 0.25) is 0 Å². The number of nitro benzene ring substituents is 1. The zero-order valence-corrected chi connectivity index (χ0v) is 14.2. The fraction of sp³-hybridized carbons (Fsp3) is 0.474. The summed E-state index contributed by atoms with van der Waals surface area (Å²) in [5, 5.41) is 21.1. The van der Waals surface area contributed by atoms with Crippen molar-refractivity contribution in [2.24, 2.45) is 11.8 Å². The standard InChI is InChI=1S/C19H20N4O2/c1-12-11-22(18-5-3-2-4-15(12)18)19-8-13(10-20)16-9-14(23(24)25)6-7-17(16)21-19/h6-9,12,15,18H,2-5,11H2,1H3. The van der Waals surface area contributed by atoms with Crippen molar-refractivity contribution >= 4 is 22.4 Å². The first-order chi connectivity index (χ1) is 12.1. The molecule has 1 aliphatic heterocycles. The molecule has 1 aromatic carbocycles. The number of pyridine rings is 1. The third-order valence-electron chi connectivity index (χ3n) is 5.80. The summed E-state index contributed by atoms with van der Waals surface area (Å²) < 4.78 is 0. The Kier molecular flexibility index (Phi) is 3.79. The number of nitriles is 1. The van der Waals surface area contributed by atoms with Crippen molar-refractivity contribution in [2.45, 2.75) is 38.6 Å². The normalized spacial score (nSPS) is 25.6. The molecular formula is C19H20N4O2. The summed E-state index contributed by atoms with van der Waals surface area (Å²) in [7, 11) is 0. The molecule has 0 bridgehead atoms. The van der Waals surface area contributed by atoms with Gasteiger partial charge in [0.1, 0.15) is 5.82 Å². The predicted molar refractivity (Wildman–Crippen MR) is 95.4 cm³/mol. The molecule has 2 heterocycles. The number of hydrogen-bond donors (Lipinski definition) is 0. The Hall–Kier alpha value is -2.68. The molecule has 2 fully saturated rings. The highest BCUT2D eigenvalue weighted by atomic mass is 16.6. The van der Waals surface area contributed by atoms with Gasteiger partial charge < -0.3 is 4.90 Å². The maximum Gasteiger partial charge on any atom is 0.270 e. The molecular weight excluding hydrogens is 316 g/mol. The van der Waals surface area contributed by atoms with Gasteiger partial charge in [-0.3, -0.25) is 10.1 Å². The molecule has 0 spiro atoms. The van der Waals surface area contributed by atoms with Crippen LogP contribution in [-0.2, 0) is 0 Å². The summed E-state index contributed by atoms with van der Waals surface area (Å²) in [5.74, 6) is 2.16.